The van der Waals surface area contributed by atoms with Gasteiger partial charge in [-0.3, -0.25) is 4.79 Å². The third-order valence-electron chi connectivity index (χ3n) is 4.14. The van der Waals surface area contributed by atoms with Gasteiger partial charge in [-0.25, -0.2) is 8.42 Å². The summed E-state index contributed by atoms with van der Waals surface area (Å²) in [4.78, 5) is 13.5. The van der Waals surface area contributed by atoms with E-state index in [0.29, 0.717) is 10.8 Å². The van der Waals surface area contributed by atoms with Gasteiger partial charge in [0.05, 0.1) is 4.88 Å². The fourth-order valence-corrected chi connectivity index (χ4v) is 6.70. The first-order chi connectivity index (χ1) is 10.9. The van der Waals surface area contributed by atoms with Gasteiger partial charge in [-0.15, -0.1) is 22.7 Å². The van der Waals surface area contributed by atoms with Crippen LogP contribution < -0.4 is 0 Å². The lowest BCUT2D eigenvalue weighted by atomic mass is 9.93. The van der Waals surface area contributed by atoms with E-state index < -0.39 is 10.0 Å². The van der Waals surface area contributed by atoms with E-state index in [1.165, 1.54) is 27.0 Å². The summed E-state index contributed by atoms with van der Waals surface area (Å²) < 4.78 is 27.3. The van der Waals surface area contributed by atoms with Crippen molar-refractivity contribution < 1.29 is 13.2 Å². The summed E-state index contributed by atoms with van der Waals surface area (Å²) in [6, 6.07) is 3.64. The molecule has 0 radical (unpaired) electrons. The quantitative estimate of drug-likeness (QED) is 0.772. The van der Waals surface area contributed by atoms with Crippen LogP contribution in [0.4, 0.5) is 0 Å². The van der Waals surface area contributed by atoms with Gasteiger partial charge in [-0.2, -0.15) is 4.31 Å². The lowest BCUT2D eigenvalue weighted by molar-refractivity contribution is 0.0876. The monoisotopic (exact) mass is 369 g/mol. The van der Waals surface area contributed by atoms with Crippen LogP contribution in [0.25, 0.3) is 0 Å². The van der Waals surface area contributed by atoms with Crippen LogP contribution in [-0.2, 0) is 10.0 Å². The summed E-state index contributed by atoms with van der Waals surface area (Å²) in [5.41, 5.74) is 1.93. The van der Waals surface area contributed by atoms with Gasteiger partial charge in [-0.1, -0.05) is 0 Å². The Labute approximate surface area is 144 Å². The largest absolute Gasteiger partial charge is 0.293 e. The van der Waals surface area contributed by atoms with Gasteiger partial charge in [0.25, 0.3) is 10.0 Å². The molecule has 0 aromatic carbocycles. The van der Waals surface area contributed by atoms with Crippen LogP contribution in [0, 0.1) is 19.8 Å². The van der Waals surface area contributed by atoms with E-state index in [0.717, 1.165) is 28.8 Å². The summed E-state index contributed by atoms with van der Waals surface area (Å²) in [5.74, 6) is -0.156. The third kappa shape index (κ3) is 3.28. The molecule has 3 heterocycles. The van der Waals surface area contributed by atoms with Crippen molar-refractivity contribution in [2.24, 2.45) is 5.92 Å². The smallest absolute Gasteiger partial charge is 0.252 e. The van der Waals surface area contributed by atoms with Crippen molar-refractivity contribution in [3.8, 4) is 0 Å². The van der Waals surface area contributed by atoms with Crippen LogP contribution in [0.5, 0.6) is 0 Å². The normalized spacial score (nSPS) is 19.8. The number of hydrogen-bond donors (Lipinski definition) is 0. The van der Waals surface area contributed by atoms with Crippen molar-refractivity contribution in [1.82, 2.24) is 4.31 Å². The zero-order valence-electron chi connectivity index (χ0n) is 13.1. The maximum absolute atomic E-state index is 12.7. The Morgan fingerprint density at radius 3 is 2.70 bits per heavy atom. The van der Waals surface area contributed by atoms with E-state index in [9.17, 15) is 13.2 Å². The zero-order valence-corrected chi connectivity index (χ0v) is 15.6. The maximum Gasteiger partial charge on any atom is 0.252 e. The van der Waals surface area contributed by atoms with Gasteiger partial charge < -0.3 is 0 Å². The second kappa shape index (κ2) is 6.47. The Kier molecular flexibility index (Phi) is 4.73. The van der Waals surface area contributed by atoms with Crippen molar-refractivity contribution in [1.29, 1.82) is 0 Å². The van der Waals surface area contributed by atoms with E-state index in [2.05, 4.69) is 0 Å². The van der Waals surface area contributed by atoms with Crippen molar-refractivity contribution in [2.75, 3.05) is 13.1 Å². The van der Waals surface area contributed by atoms with Crippen LogP contribution in [-0.4, -0.2) is 31.6 Å². The minimum Gasteiger partial charge on any atom is -0.293 e. The van der Waals surface area contributed by atoms with Crippen molar-refractivity contribution in [2.45, 2.75) is 30.9 Å². The lowest BCUT2D eigenvalue weighted by Gasteiger charge is -2.30. The van der Waals surface area contributed by atoms with E-state index in [4.69, 9.17) is 0 Å². The molecule has 0 amide bonds. The molecule has 0 unspecified atom stereocenters. The number of carbonyl (C=O) groups excluding carboxylic acids is 1. The number of rotatable bonds is 4. The molecular formula is C16H19NO3S3. The first-order valence-corrected chi connectivity index (χ1v) is 10.7. The summed E-state index contributed by atoms with van der Waals surface area (Å²) in [6.07, 6.45) is 1.48. The first-order valence-electron chi connectivity index (χ1n) is 7.53. The van der Waals surface area contributed by atoms with E-state index in [1.54, 1.807) is 6.07 Å². The highest BCUT2D eigenvalue weighted by atomic mass is 32.2. The molecule has 0 aliphatic carbocycles. The van der Waals surface area contributed by atoms with Crippen molar-refractivity contribution >= 4 is 38.5 Å². The van der Waals surface area contributed by atoms with Gasteiger partial charge in [-0.05, 0) is 60.7 Å². The van der Waals surface area contributed by atoms with E-state index in [1.807, 2.05) is 30.7 Å². The van der Waals surface area contributed by atoms with Gasteiger partial charge in [0, 0.05) is 19.0 Å². The lowest BCUT2D eigenvalue weighted by Crippen LogP contribution is -2.42. The molecular weight excluding hydrogens is 350 g/mol. The van der Waals surface area contributed by atoms with Gasteiger partial charge in [0.15, 0.2) is 5.78 Å². The molecule has 1 aliphatic rings. The summed E-state index contributed by atoms with van der Waals surface area (Å²) >= 11 is 2.69. The molecule has 0 bridgehead atoms. The number of thiophene rings is 2. The van der Waals surface area contributed by atoms with Gasteiger partial charge >= 0.3 is 0 Å². The molecule has 1 fully saturated rings. The number of piperidine rings is 1. The Balaban J connectivity index is 1.81. The predicted molar refractivity (Wildman–Crippen MR) is 93.9 cm³/mol. The number of hydrogen-bond acceptors (Lipinski definition) is 5. The second-order valence-corrected chi connectivity index (χ2v) is 9.93. The molecule has 3 rings (SSSR count). The highest BCUT2D eigenvalue weighted by molar-refractivity contribution is 7.91. The maximum atomic E-state index is 12.7. The molecule has 0 N–H and O–H groups in total. The van der Waals surface area contributed by atoms with Crippen LogP contribution in [0.2, 0.25) is 0 Å². The Hall–Kier alpha value is -1.02. The average Bonchev–Trinajstić information content (AvgIpc) is 3.15. The molecule has 4 nitrogen and oxygen atoms in total. The fraction of sp³-hybridized carbons (Fsp3) is 0.438. The SMILES string of the molecule is Cc1csc(S(=O)(=O)N2CCC[C@@H](C(=O)c3sccc3C)C2)c1. The minimum absolute atomic E-state index is 0.0831. The van der Waals surface area contributed by atoms with Crippen molar-refractivity contribution in [3.05, 3.63) is 38.9 Å². The molecule has 0 spiro atoms. The number of sulfonamides is 1. The summed E-state index contributed by atoms with van der Waals surface area (Å²) in [7, 11) is -3.48. The highest BCUT2D eigenvalue weighted by Gasteiger charge is 2.34. The molecule has 1 saturated heterocycles. The van der Waals surface area contributed by atoms with Crippen LogP contribution in [0.1, 0.15) is 33.6 Å². The van der Waals surface area contributed by atoms with Crippen LogP contribution in [0.15, 0.2) is 27.1 Å². The summed E-state index contributed by atoms with van der Waals surface area (Å²) in [5, 5.41) is 3.75. The molecule has 1 aliphatic heterocycles. The zero-order chi connectivity index (χ0) is 16.6. The number of aryl methyl sites for hydroxylation is 2. The summed E-state index contributed by atoms with van der Waals surface area (Å²) in [6.45, 7) is 4.59. The van der Waals surface area contributed by atoms with E-state index in [-0.39, 0.29) is 18.2 Å². The van der Waals surface area contributed by atoms with Gasteiger partial charge in [0.2, 0.25) is 0 Å². The second-order valence-electron chi connectivity index (χ2n) is 5.94. The highest BCUT2D eigenvalue weighted by Crippen LogP contribution is 2.30. The number of Topliss-reactive ketones (excluding diaryl/α,β-unsaturated/α-hetero) is 1. The van der Waals surface area contributed by atoms with Crippen molar-refractivity contribution in [3.63, 3.8) is 0 Å². The molecule has 0 saturated carbocycles. The molecule has 1 atom stereocenters. The molecule has 2 aromatic rings. The molecule has 7 heteroatoms. The Bertz CT molecular complexity index is 819. The van der Waals surface area contributed by atoms with Gasteiger partial charge in [0.1, 0.15) is 4.21 Å². The number of nitrogens with zero attached hydrogens (tertiary/aromatic N) is 1. The molecule has 124 valence electrons. The molecule has 2 aromatic heterocycles. The Morgan fingerprint density at radius 1 is 1.30 bits per heavy atom. The Morgan fingerprint density at radius 2 is 2.09 bits per heavy atom. The topological polar surface area (TPSA) is 54.5 Å². The predicted octanol–water partition coefficient (Wildman–Crippen LogP) is 3.71. The molecule has 23 heavy (non-hydrogen) atoms. The fourth-order valence-electron chi connectivity index (χ4n) is 2.85. The van der Waals surface area contributed by atoms with Crippen LogP contribution >= 0.6 is 22.7 Å². The standard InChI is InChI=1S/C16H19NO3S3/c1-11-8-14(22-10-11)23(19,20)17-6-3-4-13(9-17)15(18)16-12(2)5-7-21-16/h5,7-8,10,13H,3-4,6,9H2,1-2H3/t13-/m1/s1. The number of carbonyl (C=O) groups is 1. The average molecular weight is 370 g/mol. The number of ketones is 1. The van der Waals surface area contributed by atoms with E-state index >= 15 is 0 Å². The minimum atomic E-state index is -3.48. The third-order valence-corrected chi connectivity index (χ3v) is 8.57. The first kappa shape index (κ1) is 16.8. The van der Waals surface area contributed by atoms with Crippen LogP contribution in [0.3, 0.4) is 0 Å².